The van der Waals surface area contributed by atoms with Crippen LogP contribution in [0.4, 0.5) is 0 Å². The van der Waals surface area contributed by atoms with Crippen LogP contribution in [0.1, 0.15) is 23.5 Å². The predicted octanol–water partition coefficient (Wildman–Crippen LogP) is 2.44. The van der Waals surface area contributed by atoms with E-state index < -0.39 is 0 Å². The largest absolute Gasteiger partial charge is 0.503 e. The van der Waals surface area contributed by atoms with Crippen LogP contribution in [0.3, 0.4) is 0 Å². The molecule has 1 atom stereocenters. The van der Waals surface area contributed by atoms with E-state index in [0.717, 1.165) is 30.6 Å². The molecule has 2 rings (SSSR count). The molecule has 0 aliphatic carbocycles. The van der Waals surface area contributed by atoms with Gasteiger partial charge in [-0.2, -0.15) is 0 Å². The molecule has 0 radical (unpaired) electrons. The van der Waals surface area contributed by atoms with Crippen LogP contribution in [0.15, 0.2) is 6.07 Å². The van der Waals surface area contributed by atoms with Crippen molar-refractivity contribution in [2.24, 2.45) is 0 Å². The minimum Gasteiger partial charge on any atom is -0.503 e. The van der Waals surface area contributed by atoms with E-state index >= 15 is 0 Å². The van der Waals surface area contributed by atoms with Crippen molar-refractivity contribution in [3.8, 4) is 11.5 Å². The Labute approximate surface area is 100 Å². The zero-order valence-electron chi connectivity index (χ0n) is 9.51. The highest BCUT2D eigenvalue weighted by Gasteiger charge is 2.24. The number of hydrogen-bond donors (Lipinski definition) is 2. The van der Waals surface area contributed by atoms with Crippen molar-refractivity contribution in [1.82, 2.24) is 5.32 Å². The molecule has 1 unspecified atom stereocenters. The lowest BCUT2D eigenvalue weighted by atomic mass is 9.93. The van der Waals surface area contributed by atoms with Crippen LogP contribution in [-0.2, 0) is 0 Å². The number of ether oxygens (including phenoxy) is 1. The van der Waals surface area contributed by atoms with E-state index in [0.29, 0.717) is 16.7 Å². The number of phenolic OH excluding ortho intramolecular Hbond substituents is 1. The third kappa shape index (κ3) is 1.85. The second kappa shape index (κ2) is 4.52. The van der Waals surface area contributed by atoms with Gasteiger partial charge in [0.05, 0.1) is 12.1 Å². The Hall–Kier alpha value is -0.930. The molecule has 88 valence electrons. The maximum atomic E-state index is 9.89. The summed E-state index contributed by atoms with van der Waals surface area (Å²) >= 11 is 6.20. The topological polar surface area (TPSA) is 41.5 Å². The van der Waals surface area contributed by atoms with Gasteiger partial charge in [0.25, 0.3) is 0 Å². The van der Waals surface area contributed by atoms with E-state index in [2.05, 4.69) is 5.32 Å². The summed E-state index contributed by atoms with van der Waals surface area (Å²) in [7, 11) is 1.53. The average Bonchev–Trinajstić information content (AvgIpc) is 2.77. The van der Waals surface area contributed by atoms with Crippen LogP contribution in [0, 0.1) is 6.92 Å². The highest BCUT2D eigenvalue weighted by molar-refractivity contribution is 6.33. The van der Waals surface area contributed by atoms with Gasteiger partial charge in [-0.3, -0.25) is 0 Å². The van der Waals surface area contributed by atoms with Gasteiger partial charge in [0.15, 0.2) is 11.5 Å². The molecule has 1 aliphatic rings. The van der Waals surface area contributed by atoms with E-state index in [1.54, 1.807) is 0 Å². The number of rotatable bonds is 2. The van der Waals surface area contributed by atoms with Crippen LogP contribution >= 0.6 is 11.6 Å². The molecule has 4 heteroatoms. The quantitative estimate of drug-likeness (QED) is 0.836. The molecule has 1 aromatic carbocycles. The number of benzene rings is 1. The first-order valence-corrected chi connectivity index (χ1v) is 5.79. The molecule has 2 N–H and O–H groups in total. The van der Waals surface area contributed by atoms with Crippen LogP contribution in [0.5, 0.6) is 11.5 Å². The van der Waals surface area contributed by atoms with Gasteiger partial charge in [-0.15, -0.1) is 0 Å². The number of halogens is 1. The predicted molar refractivity (Wildman–Crippen MR) is 64.6 cm³/mol. The van der Waals surface area contributed by atoms with Crippen molar-refractivity contribution < 1.29 is 9.84 Å². The lowest BCUT2D eigenvalue weighted by Gasteiger charge is -2.17. The van der Waals surface area contributed by atoms with Crippen LogP contribution < -0.4 is 10.1 Å². The second-order valence-corrected chi connectivity index (χ2v) is 4.54. The Morgan fingerprint density at radius 2 is 2.31 bits per heavy atom. The zero-order valence-corrected chi connectivity index (χ0v) is 10.3. The fourth-order valence-corrected chi connectivity index (χ4v) is 2.71. The molecule has 1 fully saturated rings. The molecule has 3 nitrogen and oxygen atoms in total. The Balaban J connectivity index is 2.48. The summed E-state index contributed by atoms with van der Waals surface area (Å²) < 4.78 is 5.07. The summed E-state index contributed by atoms with van der Waals surface area (Å²) in [5.41, 5.74) is 2.12. The van der Waals surface area contributed by atoms with Crippen molar-refractivity contribution in [1.29, 1.82) is 0 Å². The standard InChI is InChI=1S/C12H16ClNO2/c1-7-5-9(16-2)12(15)11(13)10(7)8-3-4-14-6-8/h5,8,14-15H,3-4,6H2,1-2H3. The second-order valence-electron chi connectivity index (χ2n) is 4.16. The molecule has 0 bridgehead atoms. The Morgan fingerprint density at radius 3 is 2.88 bits per heavy atom. The number of aryl methyl sites for hydroxylation is 1. The number of phenols is 1. The first-order valence-electron chi connectivity index (χ1n) is 5.41. The molecule has 0 amide bonds. The number of hydrogen-bond acceptors (Lipinski definition) is 3. The minimum atomic E-state index is 0.0525. The molecular weight excluding hydrogens is 226 g/mol. The van der Waals surface area contributed by atoms with Crippen LogP contribution in [0.25, 0.3) is 0 Å². The van der Waals surface area contributed by atoms with Crippen LogP contribution in [-0.4, -0.2) is 25.3 Å². The third-order valence-electron chi connectivity index (χ3n) is 3.14. The smallest absolute Gasteiger partial charge is 0.177 e. The summed E-state index contributed by atoms with van der Waals surface area (Å²) in [4.78, 5) is 0. The average molecular weight is 242 g/mol. The third-order valence-corrected chi connectivity index (χ3v) is 3.52. The SMILES string of the molecule is COc1cc(C)c(C2CCNC2)c(Cl)c1O. The monoisotopic (exact) mass is 241 g/mol. The maximum Gasteiger partial charge on any atom is 0.177 e. The van der Waals surface area contributed by atoms with Gasteiger partial charge in [0, 0.05) is 6.54 Å². The van der Waals surface area contributed by atoms with Gasteiger partial charge in [0.1, 0.15) is 0 Å². The summed E-state index contributed by atoms with van der Waals surface area (Å²) in [6.07, 6.45) is 1.06. The normalized spacial score (nSPS) is 20.1. The molecule has 1 aliphatic heterocycles. The van der Waals surface area contributed by atoms with Gasteiger partial charge in [-0.05, 0) is 43.0 Å². The summed E-state index contributed by atoms with van der Waals surface area (Å²) in [6, 6.07) is 1.84. The highest BCUT2D eigenvalue weighted by atomic mass is 35.5. The molecule has 0 saturated carbocycles. The zero-order chi connectivity index (χ0) is 11.7. The van der Waals surface area contributed by atoms with Gasteiger partial charge in [-0.25, -0.2) is 0 Å². The summed E-state index contributed by atoms with van der Waals surface area (Å²) in [6.45, 7) is 3.93. The highest BCUT2D eigenvalue weighted by Crippen LogP contribution is 2.42. The minimum absolute atomic E-state index is 0.0525. The molecule has 1 aromatic rings. The van der Waals surface area contributed by atoms with E-state index in [1.165, 1.54) is 7.11 Å². The maximum absolute atomic E-state index is 9.89. The lowest BCUT2D eigenvalue weighted by molar-refractivity contribution is 0.372. The van der Waals surface area contributed by atoms with E-state index in [1.807, 2.05) is 13.0 Å². The van der Waals surface area contributed by atoms with Crippen molar-refractivity contribution >= 4 is 11.6 Å². The Morgan fingerprint density at radius 1 is 1.56 bits per heavy atom. The molecule has 0 spiro atoms. The summed E-state index contributed by atoms with van der Waals surface area (Å²) in [5, 5.41) is 13.6. The number of methoxy groups -OCH3 is 1. The van der Waals surface area contributed by atoms with Crippen molar-refractivity contribution in [3.63, 3.8) is 0 Å². The van der Waals surface area contributed by atoms with Gasteiger partial charge in [0.2, 0.25) is 0 Å². The van der Waals surface area contributed by atoms with E-state index in [9.17, 15) is 5.11 Å². The molecule has 1 heterocycles. The lowest BCUT2D eigenvalue weighted by Crippen LogP contribution is -2.09. The van der Waals surface area contributed by atoms with Crippen LogP contribution in [0.2, 0.25) is 5.02 Å². The first-order chi connectivity index (χ1) is 7.65. The fourth-order valence-electron chi connectivity index (χ4n) is 2.31. The van der Waals surface area contributed by atoms with Gasteiger partial charge >= 0.3 is 0 Å². The van der Waals surface area contributed by atoms with Gasteiger partial charge < -0.3 is 15.2 Å². The molecule has 1 saturated heterocycles. The fraction of sp³-hybridized carbons (Fsp3) is 0.500. The van der Waals surface area contributed by atoms with Crippen molar-refractivity contribution in [3.05, 3.63) is 22.2 Å². The first kappa shape index (κ1) is 11.6. The molecule has 0 aromatic heterocycles. The Bertz CT molecular complexity index is 400. The Kier molecular flexibility index (Phi) is 3.26. The summed E-state index contributed by atoms with van der Waals surface area (Å²) in [5.74, 6) is 0.887. The molecular formula is C12H16ClNO2. The number of nitrogens with one attached hydrogen (secondary N) is 1. The van der Waals surface area contributed by atoms with Crippen molar-refractivity contribution in [2.75, 3.05) is 20.2 Å². The number of aromatic hydroxyl groups is 1. The van der Waals surface area contributed by atoms with Gasteiger partial charge in [-0.1, -0.05) is 11.6 Å². The molecule has 16 heavy (non-hydrogen) atoms. The van der Waals surface area contributed by atoms with E-state index in [4.69, 9.17) is 16.3 Å². The van der Waals surface area contributed by atoms with Crippen molar-refractivity contribution in [2.45, 2.75) is 19.3 Å². The van der Waals surface area contributed by atoms with E-state index in [-0.39, 0.29) is 5.75 Å².